The topological polar surface area (TPSA) is 72.8 Å². The number of hydrogen-bond acceptors (Lipinski definition) is 4. The molecule has 1 aliphatic heterocycles. The third-order valence-electron chi connectivity index (χ3n) is 5.82. The quantitative estimate of drug-likeness (QED) is 0.757. The molecule has 6 heteroatoms. The Bertz CT molecular complexity index is 1040. The molecule has 2 aliphatic rings. The number of hydrogen-bond donors (Lipinski definition) is 1. The first-order chi connectivity index (χ1) is 13.1. The van der Waals surface area contributed by atoms with Crippen LogP contribution in [0, 0.1) is 0 Å². The first-order valence-corrected chi connectivity index (χ1v) is 9.39. The van der Waals surface area contributed by atoms with Crippen molar-refractivity contribution in [2.24, 2.45) is 7.05 Å². The van der Waals surface area contributed by atoms with Crippen molar-refractivity contribution in [1.82, 2.24) is 19.7 Å². The fourth-order valence-electron chi connectivity index (χ4n) is 3.87. The molecule has 1 N–H and O–H groups in total. The number of aromatic amines is 1. The Morgan fingerprint density at radius 1 is 1.30 bits per heavy atom. The summed E-state index contributed by atoms with van der Waals surface area (Å²) in [4.78, 5) is 15.4. The van der Waals surface area contributed by atoms with Gasteiger partial charge in [-0.05, 0) is 41.5 Å². The van der Waals surface area contributed by atoms with Gasteiger partial charge in [-0.2, -0.15) is 0 Å². The molecule has 2 fully saturated rings. The Morgan fingerprint density at radius 2 is 2.15 bits per heavy atom. The van der Waals surface area contributed by atoms with E-state index in [1.54, 1.807) is 6.33 Å². The molecule has 3 aromatic rings. The first kappa shape index (κ1) is 16.4. The van der Waals surface area contributed by atoms with E-state index in [0.717, 1.165) is 23.4 Å². The molecule has 0 amide bonds. The zero-order valence-corrected chi connectivity index (χ0v) is 15.3. The van der Waals surface area contributed by atoms with Gasteiger partial charge in [-0.3, -0.25) is 4.79 Å². The Hall–Kier alpha value is -2.73. The fraction of sp³-hybridized carbons (Fsp3) is 0.381. The third-order valence-corrected chi connectivity index (χ3v) is 5.82. The Morgan fingerprint density at radius 3 is 2.81 bits per heavy atom. The second kappa shape index (κ2) is 6.16. The van der Waals surface area contributed by atoms with E-state index in [0.29, 0.717) is 19.1 Å². The lowest BCUT2D eigenvalue weighted by Crippen LogP contribution is -2.49. The zero-order chi connectivity index (χ0) is 18.4. The number of nitrogens with one attached hydrogen (secondary N) is 1. The van der Waals surface area contributed by atoms with Gasteiger partial charge in [0, 0.05) is 30.6 Å². The molecule has 27 heavy (non-hydrogen) atoms. The largest absolute Gasteiger partial charge is 0.379 e. The van der Waals surface area contributed by atoms with Gasteiger partial charge in [0.15, 0.2) is 0 Å². The molecule has 138 valence electrons. The van der Waals surface area contributed by atoms with Crippen molar-refractivity contribution in [2.45, 2.75) is 30.6 Å². The lowest BCUT2D eigenvalue weighted by Gasteiger charge is -2.42. The summed E-state index contributed by atoms with van der Waals surface area (Å²) in [5.74, 6) is 1.54. The summed E-state index contributed by atoms with van der Waals surface area (Å²) in [5.41, 5.74) is 3.97. The molecular formula is C21H22N4O2. The van der Waals surface area contributed by atoms with Gasteiger partial charge in [0.1, 0.15) is 12.2 Å². The second-order valence-corrected chi connectivity index (χ2v) is 7.84. The van der Waals surface area contributed by atoms with Crippen molar-refractivity contribution in [3.05, 3.63) is 70.2 Å². The van der Waals surface area contributed by atoms with Gasteiger partial charge in [0.05, 0.1) is 13.2 Å². The van der Waals surface area contributed by atoms with E-state index >= 15 is 0 Å². The molecular weight excluding hydrogens is 340 g/mol. The van der Waals surface area contributed by atoms with E-state index < -0.39 is 0 Å². The average Bonchev–Trinajstić information content (AvgIpc) is 3.42. The van der Waals surface area contributed by atoms with E-state index in [1.165, 1.54) is 24.0 Å². The Kier molecular flexibility index (Phi) is 3.75. The molecule has 1 aromatic carbocycles. The Labute approximate surface area is 157 Å². The minimum Gasteiger partial charge on any atom is -0.379 e. The van der Waals surface area contributed by atoms with E-state index in [4.69, 9.17) is 4.74 Å². The van der Waals surface area contributed by atoms with Gasteiger partial charge in [-0.15, -0.1) is 10.2 Å². The van der Waals surface area contributed by atoms with Crippen molar-refractivity contribution in [2.75, 3.05) is 13.2 Å². The first-order valence-electron chi connectivity index (χ1n) is 9.39. The molecule has 1 aliphatic carbocycles. The van der Waals surface area contributed by atoms with Gasteiger partial charge in [0.25, 0.3) is 5.56 Å². The van der Waals surface area contributed by atoms with Crippen molar-refractivity contribution < 1.29 is 4.74 Å². The van der Waals surface area contributed by atoms with Crippen molar-refractivity contribution >= 4 is 0 Å². The highest BCUT2D eigenvalue weighted by molar-refractivity contribution is 5.65. The third kappa shape index (κ3) is 2.90. The minimum absolute atomic E-state index is 0.0382. The van der Waals surface area contributed by atoms with Crippen LogP contribution in [-0.4, -0.2) is 33.0 Å². The highest BCUT2D eigenvalue weighted by Crippen LogP contribution is 2.41. The number of aromatic nitrogens is 4. The van der Waals surface area contributed by atoms with E-state index in [9.17, 15) is 4.79 Å². The summed E-state index contributed by atoms with van der Waals surface area (Å²) in [6.07, 6.45) is 6.78. The fourth-order valence-corrected chi connectivity index (χ4v) is 3.87. The monoisotopic (exact) mass is 362 g/mol. The van der Waals surface area contributed by atoms with Crippen molar-refractivity contribution in [3.8, 4) is 11.1 Å². The predicted molar refractivity (Wildman–Crippen MR) is 102 cm³/mol. The summed E-state index contributed by atoms with van der Waals surface area (Å²) in [6, 6.07) is 10.4. The van der Waals surface area contributed by atoms with Crippen LogP contribution < -0.4 is 5.56 Å². The lowest BCUT2D eigenvalue weighted by atomic mass is 9.75. The second-order valence-electron chi connectivity index (χ2n) is 7.84. The summed E-state index contributed by atoms with van der Waals surface area (Å²) < 4.78 is 7.54. The van der Waals surface area contributed by atoms with Gasteiger partial charge in [-0.25, -0.2) is 0 Å². The van der Waals surface area contributed by atoms with Gasteiger partial charge < -0.3 is 14.3 Å². The molecule has 0 unspecified atom stereocenters. The molecule has 1 saturated carbocycles. The van der Waals surface area contributed by atoms with Crippen LogP contribution in [0.5, 0.6) is 0 Å². The highest BCUT2D eigenvalue weighted by Gasteiger charge is 2.41. The summed E-state index contributed by atoms with van der Waals surface area (Å²) in [7, 11) is 1.96. The predicted octanol–water partition coefficient (Wildman–Crippen LogP) is 2.56. The summed E-state index contributed by atoms with van der Waals surface area (Å²) in [6.45, 7) is 1.31. The molecule has 5 rings (SSSR count). The van der Waals surface area contributed by atoms with Crippen LogP contribution in [0.25, 0.3) is 11.1 Å². The van der Waals surface area contributed by atoms with Crippen LogP contribution in [-0.2, 0) is 23.6 Å². The van der Waals surface area contributed by atoms with Gasteiger partial charge >= 0.3 is 0 Å². The number of benzene rings is 1. The number of rotatable bonds is 5. The van der Waals surface area contributed by atoms with Crippen LogP contribution in [0.15, 0.2) is 47.7 Å². The summed E-state index contributed by atoms with van der Waals surface area (Å²) >= 11 is 0. The SMILES string of the molecule is Cn1cnnc1CC1(c2cccc(-c3cc(C4CC4)c[nH]c3=O)c2)COC1. The standard InChI is InChI=1S/C21H22N4O2/c1-25-13-23-24-19(25)9-21(11-27-12-21)17-4-2-3-15(7-17)18-8-16(14-5-6-14)10-22-20(18)26/h2-4,7-8,10,13-14H,5-6,9,11-12H2,1H3,(H,22,26). The molecule has 0 atom stereocenters. The van der Waals surface area contributed by atoms with Gasteiger partial charge in [0.2, 0.25) is 0 Å². The average molecular weight is 362 g/mol. The van der Waals surface area contributed by atoms with Crippen LogP contribution in [0.2, 0.25) is 0 Å². The van der Waals surface area contributed by atoms with Crippen LogP contribution >= 0.6 is 0 Å². The number of H-pyrrole nitrogens is 1. The molecule has 1 saturated heterocycles. The number of pyridine rings is 1. The molecule has 0 bridgehead atoms. The number of aryl methyl sites for hydroxylation is 1. The maximum atomic E-state index is 12.5. The summed E-state index contributed by atoms with van der Waals surface area (Å²) in [5, 5.41) is 8.24. The maximum absolute atomic E-state index is 12.5. The normalized spacial score (nSPS) is 18.3. The van der Waals surface area contributed by atoms with Crippen LogP contribution in [0.3, 0.4) is 0 Å². The molecule has 2 aromatic heterocycles. The van der Waals surface area contributed by atoms with Crippen LogP contribution in [0.1, 0.15) is 35.7 Å². The molecule has 3 heterocycles. The van der Waals surface area contributed by atoms with E-state index in [-0.39, 0.29) is 11.0 Å². The van der Waals surface area contributed by atoms with Crippen molar-refractivity contribution in [3.63, 3.8) is 0 Å². The van der Waals surface area contributed by atoms with Gasteiger partial charge in [-0.1, -0.05) is 24.3 Å². The molecule has 0 radical (unpaired) electrons. The molecule has 6 nitrogen and oxygen atoms in total. The number of nitrogens with zero attached hydrogens (tertiary/aromatic N) is 3. The zero-order valence-electron chi connectivity index (χ0n) is 15.3. The minimum atomic E-state index is -0.113. The van der Waals surface area contributed by atoms with E-state index in [2.05, 4.69) is 33.4 Å². The smallest absolute Gasteiger partial charge is 0.255 e. The number of ether oxygens (including phenoxy) is 1. The van der Waals surface area contributed by atoms with Crippen molar-refractivity contribution in [1.29, 1.82) is 0 Å². The van der Waals surface area contributed by atoms with E-state index in [1.807, 2.05) is 29.9 Å². The highest BCUT2D eigenvalue weighted by atomic mass is 16.5. The van der Waals surface area contributed by atoms with Crippen LogP contribution in [0.4, 0.5) is 0 Å². The maximum Gasteiger partial charge on any atom is 0.255 e. The molecule has 0 spiro atoms. The lowest BCUT2D eigenvalue weighted by molar-refractivity contribution is -0.0611. The Balaban J connectivity index is 1.53.